The Labute approximate surface area is 173 Å². The first-order valence-corrected chi connectivity index (χ1v) is 9.83. The van der Waals surface area contributed by atoms with Crippen molar-refractivity contribution in [3.8, 4) is 5.69 Å². The number of halogens is 1. The van der Waals surface area contributed by atoms with Crippen LogP contribution in [0.15, 0.2) is 84.1 Å². The third-order valence-electron chi connectivity index (χ3n) is 5.28. The number of hydrogen-bond donors (Lipinski definition) is 0. The third kappa shape index (κ3) is 3.23. The van der Waals surface area contributed by atoms with Gasteiger partial charge in [-0.2, -0.15) is 5.10 Å². The predicted molar refractivity (Wildman–Crippen MR) is 115 cm³/mol. The highest BCUT2D eigenvalue weighted by atomic mass is 35.5. The predicted octanol–water partition coefficient (Wildman–Crippen LogP) is 5.64. The second-order valence-corrected chi connectivity index (χ2v) is 7.50. The van der Waals surface area contributed by atoms with E-state index < -0.39 is 0 Å². The quantitative estimate of drug-likeness (QED) is 0.443. The number of rotatable bonds is 4. The molecule has 4 heterocycles. The highest BCUT2D eigenvalue weighted by Crippen LogP contribution is 2.33. The Hall–Kier alpha value is -3.31. The normalized spacial score (nSPS) is 15.0. The summed E-state index contributed by atoms with van der Waals surface area (Å²) in [6, 6.07) is 11.9. The molecule has 0 amide bonds. The van der Waals surface area contributed by atoms with Crippen molar-refractivity contribution in [2.24, 2.45) is 0 Å². The van der Waals surface area contributed by atoms with Gasteiger partial charge in [0.15, 0.2) is 0 Å². The van der Waals surface area contributed by atoms with Gasteiger partial charge in [-0.05, 0) is 55.0 Å². The van der Waals surface area contributed by atoms with Gasteiger partial charge >= 0.3 is 0 Å². The lowest BCUT2D eigenvalue weighted by molar-refractivity contribution is 0.325. The van der Waals surface area contributed by atoms with E-state index >= 15 is 0 Å². The molecule has 0 spiro atoms. The molecule has 1 unspecified atom stereocenters. The summed E-state index contributed by atoms with van der Waals surface area (Å²) in [6.45, 7) is 2.96. The van der Waals surface area contributed by atoms with E-state index in [2.05, 4.69) is 35.2 Å². The van der Waals surface area contributed by atoms with Crippen molar-refractivity contribution in [2.75, 3.05) is 6.54 Å². The van der Waals surface area contributed by atoms with E-state index in [0.29, 0.717) is 5.02 Å². The monoisotopic (exact) mass is 402 g/mol. The van der Waals surface area contributed by atoms with E-state index in [1.54, 1.807) is 18.7 Å². The van der Waals surface area contributed by atoms with Gasteiger partial charge < -0.3 is 9.32 Å². The minimum atomic E-state index is 0.0726. The lowest BCUT2D eigenvalue weighted by Gasteiger charge is -2.29. The Morgan fingerprint density at radius 1 is 1.21 bits per heavy atom. The van der Waals surface area contributed by atoms with Crippen LogP contribution in [0, 0.1) is 0 Å². The summed E-state index contributed by atoms with van der Waals surface area (Å²) in [7, 11) is 0. The van der Waals surface area contributed by atoms with Crippen molar-refractivity contribution in [3.05, 3.63) is 96.0 Å². The fourth-order valence-corrected chi connectivity index (χ4v) is 3.89. The molecule has 144 valence electrons. The van der Waals surface area contributed by atoms with Gasteiger partial charge in [-0.25, -0.2) is 4.68 Å². The number of furan rings is 1. The number of benzene rings is 1. The number of fused-ring (bicyclic) bond motifs is 1. The molecule has 3 aromatic heterocycles. The number of aromatic nitrogens is 3. The number of allylic oxidation sites excluding steroid dienone is 2. The fraction of sp³-hybridized carbons (Fsp3) is 0.130. The standard InChI is InChI=1S/C23H19ClN4O/c1-16(27-10-3-4-17(14-27)18-8-11-29-15-18)23-21-7-6-19(24)12-22(21)28(26-23)20-5-2-9-25-13-20/h2-13,15-16H,14H2,1H3. The molecule has 29 heavy (non-hydrogen) atoms. The van der Waals surface area contributed by atoms with Crippen LogP contribution in [-0.2, 0) is 0 Å². The fourth-order valence-electron chi connectivity index (χ4n) is 3.73. The van der Waals surface area contributed by atoms with Gasteiger partial charge in [0.05, 0.1) is 41.7 Å². The molecule has 1 aliphatic heterocycles. The van der Waals surface area contributed by atoms with E-state index in [9.17, 15) is 0 Å². The number of hydrogen-bond acceptors (Lipinski definition) is 4. The molecule has 1 aromatic carbocycles. The highest BCUT2D eigenvalue weighted by molar-refractivity contribution is 6.31. The van der Waals surface area contributed by atoms with Crippen molar-refractivity contribution >= 4 is 28.1 Å². The van der Waals surface area contributed by atoms with E-state index in [-0.39, 0.29) is 6.04 Å². The summed E-state index contributed by atoms with van der Waals surface area (Å²) < 4.78 is 7.17. The molecule has 1 aliphatic rings. The van der Waals surface area contributed by atoms with E-state index in [0.717, 1.165) is 34.4 Å². The van der Waals surface area contributed by atoms with Crippen molar-refractivity contribution in [3.63, 3.8) is 0 Å². The lowest BCUT2D eigenvalue weighted by atomic mass is 10.0. The van der Waals surface area contributed by atoms with Crippen LogP contribution < -0.4 is 0 Å². The van der Waals surface area contributed by atoms with Gasteiger partial charge in [0.1, 0.15) is 0 Å². The Balaban J connectivity index is 1.55. The Morgan fingerprint density at radius 3 is 2.93 bits per heavy atom. The Bertz CT molecular complexity index is 1210. The first kappa shape index (κ1) is 17.8. The second-order valence-electron chi connectivity index (χ2n) is 7.06. The summed E-state index contributed by atoms with van der Waals surface area (Å²) in [5, 5.41) is 6.74. The molecule has 0 fully saturated rings. The summed E-state index contributed by atoms with van der Waals surface area (Å²) in [5.41, 5.74) is 5.19. The number of nitrogens with zero attached hydrogens (tertiary/aromatic N) is 4. The van der Waals surface area contributed by atoms with Crippen LogP contribution in [0.3, 0.4) is 0 Å². The molecule has 5 rings (SSSR count). The van der Waals surface area contributed by atoms with Crippen molar-refractivity contribution in [1.29, 1.82) is 0 Å². The summed E-state index contributed by atoms with van der Waals surface area (Å²) in [4.78, 5) is 6.52. The van der Waals surface area contributed by atoms with Crippen LogP contribution in [0.25, 0.3) is 22.2 Å². The molecule has 4 aromatic rings. The minimum Gasteiger partial charge on any atom is -0.472 e. The molecule has 0 saturated carbocycles. The van der Waals surface area contributed by atoms with Crippen molar-refractivity contribution in [1.82, 2.24) is 19.7 Å². The minimum absolute atomic E-state index is 0.0726. The number of pyridine rings is 1. The molecule has 0 N–H and O–H groups in total. The van der Waals surface area contributed by atoms with Crippen molar-refractivity contribution in [2.45, 2.75) is 13.0 Å². The molecule has 1 atom stereocenters. The molecular weight excluding hydrogens is 384 g/mol. The van der Waals surface area contributed by atoms with Crippen LogP contribution in [0.4, 0.5) is 0 Å². The first-order valence-electron chi connectivity index (χ1n) is 9.45. The zero-order chi connectivity index (χ0) is 19.8. The van der Waals surface area contributed by atoms with Gasteiger partial charge in [-0.15, -0.1) is 0 Å². The van der Waals surface area contributed by atoms with E-state index in [1.807, 2.05) is 47.3 Å². The smallest absolute Gasteiger partial charge is 0.0978 e. The zero-order valence-corrected chi connectivity index (χ0v) is 16.6. The Morgan fingerprint density at radius 2 is 2.14 bits per heavy atom. The second kappa shape index (κ2) is 7.26. The first-order chi connectivity index (χ1) is 14.2. The van der Waals surface area contributed by atoms with Crippen LogP contribution in [-0.4, -0.2) is 26.2 Å². The zero-order valence-electron chi connectivity index (χ0n) is 15.9. The molecule has 6 heteroatoms. The SMILES string of the molecule is CC(c1nn(-c2cccnc2)c2cc(Cl)ccc12)N1C=CC=C(c2ccoc2)C1. The van der Waals surface area contributed by atoms with Crippen LogP contribution in [0.2, 0.25) is 5.02 Å². The summed E-state index contributed by atoms with van der Waals surface area (Å²) >= 11 is 6.30. The molecule has 5 nitrogen and oxygen atoms in total. The molecule has 0 radical (unpaired) electrons. The van der Waals surface area contributed by atoms with Crippen LogP contribution >= 0.6 is 11.6 Å². The van der Waals surface area contributed by atoms with Gasteiger partial charge in [0.2, 0.25) is 0 Å². The maximum absolute atomic E-state index is 6.30. The largest absolute Gasteiger partial charge is 0.472 e. The van der Waals surface area contributed by atoms with Gasteiger partial charge in [0, 0.05) is 34.9 Å². The third-order valence-corrected chi connectivity index (χ3v) is 5.51. The summed E-state index contributed by atoms with van der Waals surface area (Å²) in [6.07, 6.45) is 13.4. The summed E-state index contributed by atoms with van der Waals surface area (Å²) in [5.74, 6) is 0. The highest BCUT2D eigenvalue weighted by Gasteiger charge is 2.23. The van der Waals surface area contributed by atoms with E-state index in [4.69, 9.17) is 21.1 Å². The molecule has 0 aliphatic carbocycles. The molecular formula is C23H19ClN4O. The lowest BCUT2D eigenvalue weighted by Crippen LogP contribution is -2.25. The average molecular weight is 403 g/mol. The van der Waals surface area contributed by atoms with Crippen LogP contribution in [0.1, 0.15) is 24.2 Å². The van der Waals surface area contributed by atoms with Crippen LogP contribution in [0.5, 0.6) is 0 Å². The maximum Gasteiger partial charge on any atom is 0.0978 e. The molecule has 0 bridgehead atoms. The average Bonchev–Trinajstić information content (AvgIpc) is 3.42. The Kier molecular flexibility index (Phi) is 4.45. The van der Waals surface area contributed by atoms with E-state index in [1.165, 1.54) is 5.57 Å². The maximum atomic E-state index is 6.30. The van der Waals surface area contributed by atoms with Gasteiger partial charge in [-0.1, -0.05) is 17.7 Å². The van der Waals surface area contributed by atoms with Gasteiger partial charge in [-0.3, -0.25) is 4.98 Å². The molecule has 0 saturated heterocycles. The van der Waals surface area contributed by atoms with Gasteiger partial charge in [0.25, 0.3) is 0 Å². The topological polar surface area (TPSA) is 47.1 Å². The van der Waals surface area contributed by atoms with Crippen molar-refractivity contribution < 1.29 is 4.42 Å².